The molecule has 3 aromatic rings. The van der Waals surface area contributed by atoms with Crippen LogP contribution in [-0.2, 0) is 9.59 Å². The minimum Gasteiger partial charge on any atom is -0.457 e. The van der Waals surface area contributed by atoms with E-state index in [1.165, 1.54) is 11.3 Å². The molecule has 6 nitrogen and oxygen atoms in total. The molecule has 0 fully saturated rings. The van der Waals surface area contributed by atoms with Crippen molar-refractivity contribution in [2.24, 2.45) is 0 Å². The van der Waals surface area contributed by atoms with Gasteiger partial charge in [-0.3, -0.25) is 9.59 Å². The number of ether oxygens (including phenoxy) is 1. The second-order valence-corrected chi connectivity index (χ2v) is 6.96. The van der Waals surface area contributed by atoms with E-state index in [4.69, 9.17) is 4.74 Å². The summed E-state index contributed by atoms with van der Waals surface area (Å²) < 4.78 is 5.72. The van der Waals surface area contributed by atoms with E-state index in [-0.39, 0.29) is 6.54 Å². The number of carbonyl (C=O) groups is 2. The molecule has 1 heterocycles. The number of hydrogen-bond acceptors (Lipinski definition) is 5. The Balaban J connectivity index is 1.49. The van der Waals surface area contributed by atoms with Crippen molar-refractivity contribution in [2.75, 3.05) is 11.9 Å². The fourth-order valence-electron chi connectivity index (χ4n) is 2.39. The third-order valence-electron chi connectivity index (χ3n) is 3.96. The summed E-state index contributed by atoms with van der Waals surface area (Å²) in [5.41, 5.74) is 2.32. The molecule has 1 aromatic heterocycles. The Labute approximate surface area is 166 Å². The molecule has 144 valence electrons. The first kappa shape index (κ1) is 19.6. The van der Waals surface area contributed by atoms with Crippen molar-refractivity contribution in [1.29, 1.82) is 0 Å². The second-order valence-electron chi connectivity index (χ2n) is 6.18. The number of thiophene rings is 1. The van der Waals surface area contributed by atoms with Crippen molar-refractivity contribution in [2.45, 2.75) is 13.0 Å². The maximum atomic E-state index is 12.0. The van der Waals surface area contributed by atoms with Crippen molar-refractivity contribution < 1.29 is 19.4 Å². The van der Waals surface area contributed by atoms with Crippen LogP contribution in [0.15, 0.2) is 65.4 Å². The molecule has 0 aliphatic heterocycles. The standard InChI is InChI=1S/C21H20N2O4S/c1-14-2-6-17(7-3-14)27-18-8-4-16(5-9-18)23-21(26)20(25)22-12-19(24)15-10-11-28-13-15/h2-11,13,19,24H,12H2,1H3,(H,22,25)(H,23,26)/t19-/m0/s1. The van der Waals surface area contributed by atoms with Gasteiger partial charge in [0, 0.05) is 12.2 Å². The van der Waals surface area contributed by atoms with Gasteiger partial charge in [0.1, 0.15) is 11.5 Å². The van der Waals surface area contributed by atoms with Crippen molar-refractivity contribution in [3.63, 3.8) is 0 Å². The number of aryl methyl sites for hydroxylation is 1. The van der Waals surface area contributed by atoms with E-state index in [9.17, 15) is 14.7 Å². The highest BCUT2D eigenvalue weighted by atomic mass is 32.1. The van der Waals surface area contributed by atoms with Gasteiger partial charge in [-0.2, -0.15) is 11.3 Å². The molecule has 7 heteroatoms. The third-order valence-corrected chi connectivity index (χ3v) is 4.66. The van der Waals surface area contributed by atoms with E-state index in [1.807, 2.05) is 36.6 Å². The van der Waals surface area contributed by atoms with Crippen LogP contribution in [0.4, 0.5) is 5.69 Å². The zero-order valence-electron chi connectivity index (χ0n) is 15.2. The van der Waals surface area contributed by atoms with Crippen LogP contribution in [0.1, 0.15) is 17.2 Å². The lowest BCUT2D eigenvalue weighted by Gasteiger charge is -2.11. The first-order valence-electron chi connectivity index (χ1n) is 8.65. The molecule has 0 saturated heterocycles. The zero-order chi connectivity index (χ0) is 19.9. The maximum Gasteiger partial charge on any atom is 0.313 e. The fourth-order valence-corrected chi connectivity index (χ4v) is 3.10. The summed E-state index contributed by atoms with van der Waals surface area (Å²) >= 11 is 1.45. The Morgan fingerprint density at radius 2 is 1.64 bits per heavy atom. The molecule has 2 amide bonds. The van der Waals surface area contributed by atoms with Crippen LogP contribution in [0.5, 0.6) is 11.5 Å². The highest BCUT2D eigenvalue weighted by molar-refractivity contribution is 7.07. The second kappa shape index (κ2) is 9.16. The third kappa shape index (κ3) is 5.42. The van der Waals surface area contributed by atoms with Gasteiger partial charge in [-0.05, 0) is 65.7 Å². The summed E-state index contributed by atoms with van der Waals surface area (Å²) in [5.74, 6) is -0.282. The average Bonchev–Trinajstić information content (AvgIpc) is 3.24. The highest BCUT2D eigenvalue weighted by Gasteiger charge is 2.16. The molecule has 28 heavy (non-hydrogen) atoms. The average molecular weight is 396 g/mol. The van der Waals surface area contributed by atoms with Gasteiger partial charge >= 0.3 is 11.8 Å². The smallest absolute Gasteiger partial charge is 0.313 e. The molecule has 0 unspecified atom stereocenters. The molecule has 0 bridgehead atoms. The largest absolute Gasteiger partial charge is 0.457 e. The normalized spacial score (nSPS) is 11.5. The Bertz CT molecular complexity index is 922. The molecule has 0 saturated carbocycles. The molecule has 1 atom stereocenters. The number of aliphatic hydroxyl groups excluding tert-OH is 1. The van der Waals surface area contributed by atoms with Gasteiger partial charge in [-0.1, -0.05) is 17.7 Å². The molecule has 3 N–H and O–H groups in total. The predicted molar refractivity (Wildman–Crippen MR) is 109 cm³/mol. The number of hydrogen-bond donors (Lipinski definition) is 3. The summed E-state index contributed by atoms with van der Waals surface area (Å²) in [7, 11) is 0. The number of carbonyl (C=O) groups excluding carboxylic acids is 2. The highest BCUT2D eigenvalue weighted by Crippen LogP contribution is 2.23. The Morgan fingerprint density at radius 3 is 2.25 bits per heavy atom. The number of nitrogens with one attached hydrogen (secondary N) is 2. The van der Waals surface area contributed by atoms with Crippen LogP contribution in [0, 0.1) is 6.92 Å². The molecular weight excluding hydrogens is 376 g/mol. The van der Waals surface area contributed by atoms with Gasteiger partial charge in [0.2, 0.25) is 0 Å². The van der Waals surface area contributed by atoms with E-state index in [2.05, 4.69) is 10.6 Å². The summed E-state index contributed by atoms with van der Waals surface area (Å²) in [4.78, 5) is 23.9. The van der Waals surface area contributed by atoms with E-state index in [0.29, 0.717) is 22.7 Å². The first-order valence-corrected chi connectivity index (χ1v) is 9.59. The SMILES string of the molecule is Cc1ccc(Oc2ccc(NC(=O)C(=O)NC[C@H](O)c3ccsc3)cc2)cc1. The maximum absolute atomic E-state index is 12.0. The number of aliphatic hydroxyl groups is 1. The topological polar surface area (TPSA) is 87.7 Å². The van der Waals surface area contributed by atoms with Gasteiger partial charge in [-0.15, -0.1) is 0 Å². The molecule has 0 aliphatic rings. The molecule has 3 rings (SSSR count). The van der Waals surface area contributed by atoms with Crippen molar-refractivity contribution >= 4 is 28.8 Å². The number of rotatable bonds is 6. The molecule has 2 aromatic carbocycles. The summed E-state index contributed by atoms with van der Waals surface area (Å²) in [5, 5.41) is 18.5. The fraction of sp³-hybridized carbons (Fsp3) is 0.143. The number of amides is 2. The summed E-state index contributed by atoms with van der Waals surface area (Å²) in [6.45, 7) is 1.96. The van der Waals surface area contributed by atoms with Crippen LogP contribution in [0.25, 0.3) is 0 Å². The summed E-state index contributed by atoms with van der Waals surface area (Å²) in [6.07, 6.45) is -0.846. The van der Waals surface area contributed by atoms with Crippen LogP contribution in [0.3, 0.4) is 0 Å². The van der Waals surface area contributed by atoms with Crippen molar-refractivity contribution in [3.8, 4) is 11.5 Å². The van der Waals surface area contributed by atoms with Crippen molar-refractivity contribution in [1.82, 2.24) is 5.32 Å². The lowest BCUT2D eigenvalue weighted by molar-refractivity contribution is -0.136. The van der Waals surface area contributed by atoms with Gasteiger partial charge in [0.25, 0.3) is 0 Å². The quantitative estimate of drug-likeness (QED) is 0.555. The minimum absolute atomic E-state index is 0.0354. The number of anilines is 1. The molecule has 0 radical (unpaired) electrons. The lowest BCUT2D eigenvalue weighted by Crippen LogP contribution is -2.37. The first-order chi connectivity index (χ1) is 13.5. The van der Waals surface area contributed by atoms with Gasteiger partial charge in [-0.25, -0.2) is 0 Å². The van der Waals surface area contributed by atoms with Gasteiger partial charge in [0.05, 0.1) is 6.10 Å². The van der Waals surface area contributed by atoms with Crippen LogP contribution >= 0.6 is 11.3 Å². The van der Waals surface area contributed by atoms with E-state index >= 15 is 0 Å². The van der Waals surface area contributed by atoms with E-state index in [0.717, 1.165) is 5.56 Å². The zero-order valence-corrected chi connectivity index (χ0v) is 16.0. The Morgan fingerprint density at radius 1 is 1.00 bits per heavy atom. The van der Waals surface area contributed by atoms with Crippen LogP contribution in [0.2, 0.25) is 0 Å². The van der Waals surface area contributed by atoms with Gasteiger partial charge < -0.3 is 20.5 Å². The lowest BCUT2D eigenvalue weighted by atomic mass is 10.2. The predicted octanol–water partition coefficient (Wildman–Crippen LogP) is 3.64. The summed E-state index contributed by atoms with van der Waals surface area (Å²) in [6, 6.07) is 16.1. The van der Waals surface area contributed by atoms with Gasteiger partial charge in [0.15, 0.2) is 0 Å². The van der Waals surface area contributed by atoms with Crippen LogP contribution in [-0.4, -0.2) is 23.5 Å². The molecule has 0 aliphatic carbocycles. The van der Waals surface area contributed by atoms with E-state index < -0.39 is 17.9 Å². The minimum atomic E-state index is -0.846. The molecular formula is C21H20N2O4S. The monoisotopic (exact) mass is 396 g/mol. The van der Waals surface area contributed by atoms with Crippen LogP contribution < -0.4 is 15.4 Å². The Kier molecular flexibility index (Phi) is 6.41. The van der Waals surface area contributed by atoms with E-state index in [1.54, 1.807) is 35.7 Å². The molecule has 0 spiro atoms. The van der Waals surface area contributed by atoms with Crippen molar-refractivity contribution in [3.05, 3.63) is 76.5 Å². The Hall–Kier alpha value is -3.16. The number of benzene rings is 2.